The Hall–Kier alpha value is -6.00. The number of fused-ring (bicyclic) bond motifs is 1. The van der Waals surface area contributed by atoms with Crippen LogP contribution in [0.5, 0.6) is 0 Å². The Labute approximate surface area is 564 Å². The van der Waals surface area contributed by atoms with Crippen LogP contribution in [0, 0.1) is 116 Å². The average Bonchev–Trinajstić information content (AvgIpc) is 4.15. The molecule has 7 aromatic rings. The number of aryl methyl sites for hydroxylation is 9. The van der Waals surface area contributed by atoms with Crippen LogP contribution in [0.15, 0.2) is 157 Å². The van der Waals surface area contributed by atoms with Crippen molar-refractivity contribution in [2.75, 3.05) is 0 Å². The third-order valence-electron chi connectivity index (χ3n) is 20.3. The quantitative estimate of drug-likeness (QED) is 0.177. The molecule has 6 aromatic carbocycles. The highest BCUT2D eigenvalue weighted by atomic mass is 15.0. The van der Waals surface area contributed by atoms with Gasteiger partial charge >= 0.3 is 0 Å². The van der Waals surface area contributed by atoms with E-state index in [0.29, 0.717) is 0 Å². The van der Waals surface area contributed by atoms with E-state index in [2.05, 4.69) is 257 Å². The van der Waals surface area contributed by atoms with E-state index in [0.717, 1.165) is 77.2 Å². The smallest absolute Gasteiger partial charge is 0.129 e. The average molecular weight is 1240 g/mol. The molecule has 5 aliphatic carbocycles. The molecule has 13 rings (SSSR count). The number of benzene rings is 6. The topological polar surface area (TPSA) is 51.0 Å². The molecule has 5 saturated carbocycles. The first-order valence-electron chi connectivity index (χ1n) is 36.5. The second kappa shape index (κ2) is 41.6. The Morgan fingerprint density at radius 1 is 0.304 bits per heavy atom. The van der Waals surface area contributed by atoms with Crippen molar-refractivity contribution in [2.45, 2.75) is 259 Å². The molecule has 4 heteroatoms. The summed E-state index contributed by atoms with van der Waals surface area (Å²) in [6, 6.07) is 48.0. The molecule has 0 N–H and O–H groups in total. The number of aromatic nitrogens is 3. The lowest BCUT2D eigenvalue weighted by molar-refractivity contribution is 0.155. The van der Waals surface area contributed by atoms with Crippen molar-refractivity contribution in [1.82, 2.24) is 15.0 Å². The van der Waals surface area contributed by atoms with Crippen molar-refractivity contribution in [1.29, 1.82) is 0 Å². The van der Waals surface area contributed by atoms with Crippen molar-refractivity contribution in [3.63, 3.8) is 0 Å². The van der Waals surface area contributed by atoms with E-state index in [1.165, 1.54) is 175 Å². The number of allylic oxidation sites excluding steroid dienone is 1. The maximum atomic E-state index is 4.07. The number of hydrogen-bond acceptors (Lipinski definition) is 4. The van der Waals surface area contributed by atoms with Gasteiger partial charge in [-0.2, -0.15) is 0 Å². The highest BCUT2D eigenvalue weighted by Crippen LogP contribution is 2.41. The largest absolute Gasteiger partial charge is 0.266 e. The molecule has 2 atom stereocenters. The molecule has 500 valence electrons. The summed E-state index contributed by atoms with van der Waals surface area (Å²) in [5, 5.41) is 2.67. The Morgan fingerprint density at radius 2 is 0.598 bits per heavy atom. The molecule has 6 aliphatic rings. The predicted octanol–water partition coefficient (Wildman–Crippen LogP) is 26.2. The third kappa shape index (κ3) is 31.3. The van der Waals surface area contributed by atoms with Crippen LogP contribution in [-0.4, -0.2) is 20.7 Å². The van der Waals surface area contributed by atoms with E-state index in [1.807, 2.05) is 27.0 Å². The van der Waals surface area contributed by atoms with Gasteiger partial charge in [0.05, 0.1) is 0 Å². The highest BCUT2D eigenvalue weighted by Gasteiger charge is 2.29. The molecule has 1 aromatic heterocycles. The zero-order valence-electron chi connectivity index (χ0n) is 61.6. The van der Waals surface area contributed by atoms with Crippen molar-refractivity contribution in [3.05, 3.63) is 208 Å². The number of aliphatic imine (C=N–C) groups is 1. The lowest BCUT2D eigenvalue weighted by atomic mass is 9.70. The molecule has 0 spiro atoms. The highest BCUT2D eigenvalue weighted by molar-refractivity contribution is 5.86. The monoisotopic (exact) mass is 1240 g/mol. The van der Waals surface area contributed by atoms with Crippen LogP contribution < -0.4 is 0 Å². The van der Waals surface area contributed by atoms with Crippen molar-refractivity contribution >= 4 is 16.5 Å². The second-order valence-electron chi connectivity index (χ2n) is 30.1. The van der Waals surface area contributed by atoms with Crippen molar-refractivity contribution in [2.24, 2.45) is 58.3 Å². The minimum atomic E-state index is 0.775. The summed E-state index contributed by atoms with van der Waals surface area (Å²) in [6.07, 6.45) is 32.7. The van der Waals surface area contributed by atoms with Crippen LogP contribution in [-0.2, 0) is 0 Å². The van der Waals surface area contributed by atoms with Gasteiger partial charge in [0.2, 0.25) is 0 Å². The van der Waals surface area contributed by atoms with Crippen LogP contribution in [0.4, 0.5) is 0 Å². The van der Waals surface area contributed by atoms with E-state index < -0.39 is 0 Å². The summed E-state index contributed by atoms with van der Waals surface area (Å²) in [5.41, 5.74) is 16.0. The van der Waals surface area contributed by atoms with E-state index in [4.69, 9.17) is 0 Å². The zero-order valence-corrected chi connectivity index (χ0v) is 61.6. The summed E-state index contributed by atoms with van der Waals surface area (Å²) in [7, 11) is 0. The Balaban J connectivity index is 0.000000190. The van der Waals surface area contributed by atoms with Gasteiger partial charge in [-0.1, -0.05) is 298 Å². The summed E-state index contributed by atoms with van der Waals surface area (Å²) >= 11 is 0. The predicted molar refractivity (Wildman–Crippen MR) is 404 cm³/mol. The molecule has 4 nitrogen and oxygen atoms in total. The first kappa shape index (κ1) is 76.7. The minimum absolute atomic E-state index is 0.775. The molecule has 92 heavy (non-hydrogen) atoms. The molecule has 2 heterocycles. The van der Waals surface area contributed by atoms with Crippen molar-refractivity contribution < 1.29 is 0 Å². The maximum Gasteiger partial charge on any atom is 0.129 e. The van der Waals surface area contributed by atoms with Gasteiger partial charge in [-0.25, -0.2) is 15.0 Å². The van der Waals surface area contributed by atoms with Gasteiger partial charge in [-0.3, -0.25) is 4.99 Å². The fourth-order valence-electron chi connectivity index (χ4n) is 13.7. The summed E-state index contributed by atoms with van der Waals surface area (Å²) in [4.78, 5) is 15.7. The van der Waals surface area contributed by atoms with Gasteiger partial charge in [0.25, 0.3) is 0 Å². The fourth-order valence-corrected chi connectivity index (χ4v) is 13.7. The van der Waals surface area contributed by atoms with Gasteiger partial charge in [0, 0.05) is 18.3 Å². The normalized spacial score (nSPS) is 23.7. The first-order valence-corrected chi connectivity index (χ1v) is 36.5. The molecule has 0 bridgehead atoms. The van der Waals surface area contributed by atoms with Crippen LogP contribution in [0.1, 0.15) is 253 Å². The third-order valence-corrected chi connectivity index (χ3v) is 20.3. The standard InChI is InChI=1S/C14H26.C14H20.C14H14.C12H12.C8H16.C8H10.C7H14.C6H9N.C5H7N3/c3*1-11-3-7-13(8-4-11)14-9-5-12(2)6-10-14;1-9-3-5-12-8-10(2)4-6-11(12)7-9;2*1-7-3-5-8(2)6-4-7;1-6-3-4-7(2)5-6;1-5-3-6(2)7-4-5;1-4-6-3-7-5(2)8-4/h11-14H,3-10H2,1-2H3;3-4,7-8,12,14H,5-6,9-10H2,1-2H3;3-10H,1-2H3;3-8H,1-2H3;7-8H,3-6H2,1-2H3;3-6H,1-2H3;6-7H,3-5H2,1-2H3;4H,3H2,1-2H3;3H,1-2H3. The second-order valence-corrected chi connectivity index (χ2v) is 30.1. The fraction of sp³-hybridized carbons (Fsp3) is 0.545. The lowest BCUT2D eigenvalue weighted by Crippen LogP contribution is -2.24. The molecular weight excluding hydrogens is 1110 g/mol. The molecule has 0 amide bonds. The minimum Gasteiger partial charge on any atom is -0.266 e. The molecule has 0 saturated heterocycles. The van der Waals surface area contributed by atoms with Gasteiger partial charge in [-0.05, 0) is 213 Å². The molecular formula is C88H128N4. The number of nitrogens with zero attached hydrogens (tertiary/aromatic N) is 4. The van der Waals surface area contributed by atoms with E-state index in [9.17, 15) is 0 Å². The Bertz CT molecular complexity index is 2980. The Morgan fingerprint density at radius 3 is 0.870 bits per heavy atom. The molecule has 2 unspecified atom stereocenters. The maximum absolute atomic E-state index is 4.07. The molecule has 0 radical (unpaired) electrons. The number of rotatable bonds is 3. The summed E-state index contributed by atoms with van der Waals surface area (Å²) in [6.45, 7) is 39.3. The summed E-state index contributed by atoms with van der Waals surface area (Å²) in [5.74, 6) is 11.7. The van der Waals surface area contributed by atoms with Crippen LogP contribution in [0.3, 0.4) is 0 Å². The van der Waals surface area contributed by atoms with Gasteiger partial charge in [0.1, 0.15) is 18.0 Å². The van der Waals surface area contributed by atoms with Crippen LogP contribution in [0.2, 0.25) is 0 Å². The van der Waals surface area contributed by atoms with Crippen LogP contribution >= 0.6 is 0 Å². The van der Waals surface area contributed by atoms with E-state index >= 15 is 0 Å². The van der Waals surface area contributed by atoms with E-state index in [-0.39, 0.29) is 0 Å². The van der Waals surface area contributed by atoms with Crippen molar-refractivity contribution in [3.8, 4) is 11.1 Å². The van der Waals surface area contributed by atoms with Gasteiger partial charge in [-0.15, -0.1) is 0 Å². The SMILES string of the molecule is CC1=CN=C(C)C1.CC1CCC(C)C1.CC1CCC(C)CC1.CC1CCC(C2CCC(C)CC2)CC1.Cc1ccc(-c2ccc(C)cc2)cc1.Cc1ccc(C)cc1.Cc1ccc(C2CCC(C)CC2)cc1.Cc1ccc2cc(C)ccc2c1.Cc1ncnc(C)n1. The van der Waals surface area contributed by atoms with E-state index in [1.54, 1.807) is 31.2 Å². The summed E-state index contributed by atoms with van der Waals surface area (Å²) < 4.78 is 0. The Kier molecular flexibility index (Phi) is 34.7. The molecule has 5 fully saturated rings. The first-order chi connectivity index (χ1) is 44.0. The molecule has 1 aliphatic heterocycles. The zero-order chi connectivity index (χ0) is 67.0. The van der Waals surface area contributed by atoms with Gasteiger partial charge < -0.3 is 0 Å². The van der Waals surface area contributed by atoms with Crippen LogP contribution in [0.25, 0.3) is 21.9 Å². The number of hydrogen-bond donors (Lipinski definition) is 0. The van der Waals surface area contributed by atoms with Gasteiger partial charge in [0.15, 0.2) is 0 Å². The lowest BCUT2D eigenvalue weighted by Gasteiger charge is -2.36.